The van der Waals surface area contributed by atoms with E-state index in [1.807, 2.05) is 0 Å². The summed E-state index contributed by atoms with van der Waals surface area (Å²) in [5.41, 5.74) is 0.773. The van der Waals surface area contributed by atoms with Gasteiger partial charge in [0.15, 0.2) is 0 Å². The van der Waals surface area contributed by atoms with Crippen LogP contribution in [0.4, 0.5) is 5.69 Å². The van der Waals surface area contributed by atoms with Crippen LogP contribution >= 0.6 is 23.2 Å². The van der Waals surface area contributed by atoms with Crippen LogP contribution in [0.3, 0.4) is 0 Å². The molecule has 0 unspecified atom stereocenters. The Labute approximate surface area is 185 Å². The average Bonchev–Trinajstić information content (AvgIpc) is 3.42. The first-order valence-corrected chi connectivity index (χ1v) is 12.9. The van der Waals surface area contributed by atoms with Crippen molar-refractivity contribution < 1.29 is 21.6 Å². The number of carbonyl (C=O) groups excluding carboxylic acids is 1. The highest BCUT2D eigenvalue weighted by molar-refractivity contribution is 7.92. The minimum atomic E-state index is -3.89. The van der Waals surface area contributed by atoms with E-state index < -0.39 is 26.0 Å². The molecule has 2 aromatic carbocycles. The normalized spacial score (nSPS) is 14.4. The lowest BCUT2D eigenvalue weighted by atomic mass is 10.1. The van der Waals surface area contributed by atoms with Crippen molar-refractivity contribution in [3.05, 3.63) is 57.6 Å². The Bertz CT molecular complexity index is 1200. The van der Waals surface area contributed by atoms with Gasteiger partial charge in [-0.2, -0.15) is 0 Å². The van der Waals surface area contributed by atoms with Crippen molar-refractivity contribution >= 4 is 54.8 Å². The molecule has 1 fully saturated rings. The van der Waals surface area contributed by atoms with Crippen LogP contribution in [0.25, 0.3) is 0 Å². The van der Waals surface area contributed by atoms with Gasteiger partial charge in [0.05, 0.1) is 27.6 Å². The molecule has 1 amide bonds. The molecule has 0 aliphatic heterocycles. The van der Waals surface area contributed by atoms with E-state index in [1.165, 1.54) is 6.07 Å². The number of nitrogens with one attached hydrogen (secondary N) is 3. The zero-order valence-corrected chi connectivity index (χ0v) is 18.9. The number of halogens is 2. The van der Waals surface area contributed by atoms with Crippen LogP contribution in [-0.2, 0) is 26.6 Å². The first kappa shape index (κ1) is 22.8. The topological polar surface area (TPSA) is 121 Å². The van der Waals surface area contributed by atoms with Crippen LogP contribution in [0.5, 0.6) is 0 Å². The first-order valence-electron chi connectivity index (χ1n) is 8.81. The van der Waals surface area contributed by atoms with Crippen molar-refractivity contribution in [2.24, 2.45) is 0 Å². The number of hydrogen-bond acceptors (Lipinski definition) is 5. The lowest BCUT2D eigenvalue weighted by Crippen LogP contribution is -2.27. The Morgan fingerprint density at radius 1 is 1.07 bits per heavy atom. The number of para-hydroxylation sites is 1. The predicted molar refractivity (Wildman–Crippen MR) is 116 cm³/mol. The Morgan fingerprint density at radius 2 is 1.73 bits per heavy atom. The molecule has 1 aliphatic rings. The molecule has 3 N–H and O–H groups in total. The van der Waals surface area contributed by atoms with Crippen LogP contribution in [0, 0.1) is 0 Å². The number of rotatable bonds is 8. The predicted octanol–water partition coefficient (Wildman–Crippen LogP) is 2.74. The number of sulfonamides is 2. The van der Waals surface area contributed by atoms with Gasteiger partial charge in [0.25, 0.3) is 5.91 Å². The summed E-state index contributed by atoms with van der Waals surface area (Å²) in [7, 11) is -7.39. The summed E-state index contributed by atoms with van der Waals surface area (Å²) in [5, 5.41) is 2.52. The van der Waals surface area contributed by atoms with E-state index in [0.29, 0.717) is 11.3 Å². The molecule has 8 nitrogen and oxygen atoms in total. The van der Waals surface area contributed by atoms with Gasteiger partial charge in [0.2, 0.25) is 20.0 Å². The Kier molecular flexibility index (Phi) is 6.63. The molecule has 1 aliphatic carbocycles. The third kappa shape index (κ3) is 5.86. The van der Waals surface area contributed by atoms with Gasteiger partial charge in [-0.15, -0.1) is 0 Å². The Balaban J connectivity index is 1.82. The van der Waals surface area contributed by atoms with Crippen molar-refractivity contribution in [2.45, 2.75) is 30.3 Å². The van der Waals surface area contributed by atoms with Gasteiger partial charge < -0.3 is 5.32 Å². The first-order chi connectivity index (χ1) is 14.0. The standard InChI is InChI=1S/C18H19Cl2N3O5S2/c1-29(25,26)23-16-5-3-2-4-11(16)10-21-18(24)13-8-17(15(20)9-14(13)19)30(27,28)22-12-6-7-12/h2-5,8-9,12,22-23H,6-7,10H2,1H3,(H,21,24). The van der Waals surface area contributed by atoms with E-state index >= 15 is 0 Å². The van der Waals surface area contributed by atoms with Gasteiger partial charge >= 0.3 is 0 Å². The van der Waals surface area contributed by atoms with E-state index in [-0.39, 0.29) is 33.1 Å². The SMILES string of the molecule is CS(=O)(=O)Nc1ccccc1CNC(=O)c1cc(S(=O)(=O)NC2CC2)c(Cl)cc1Cl. The molecular weight excluding hydrogens is 473 g/mol. The average molecular weight is 492 g/mol. The quantitative estimate of drug-likeness (QED) is 0.523. The Hall–Kier alpha value is -1.85. The summed E-state index contributed by atoms with van der Waals surface area (Å²) < 4.78 is 52.9. The van der Waals surface area contributed by atoms with Gasteiger partial charge in [0.1, 0.15) is 4.90 Å². The summed E-state index contributed by atoms with van der Waals surface area (Å²) in [6.45, 7) is -0.0150. The fraction of sp³-hybridized carbons (Fsp3) is 0.278. The maximum absolute atomic E-state index is 12.7. The summed E-state index contributed by atoms with van der Waals surface area (Å²) in [5.74, 6) is -0.631. The molecule has 0 atom stereocenters. The molecule has 0 radical (unpaired) electrons. The van der Waals surface area contributed by atoms with Crippen molar-refractivity contribution in [2.75, 3.05) is 11.0 Å². The number of amides is 1. The Morgan fingerprint density at radius 3 is 2.37 bits per heavy atom. The summed E-state index contributed by atoms with van der Waals surface area (Å²) in [6, 6.07) is 8.76. The summed E-state index contributed by atoms with van der Waals surface area (Å²) in [6.07, 6.45) is 2.52. The molecule has 0 bridgehead atoms. The fourth-order valence-corrected chi connectivity index (χ4v) is 5.40. The molecule has 1 saturated carbocycles. The second-order valence-electron chi connectivity index (χ2n) is 6.87. The summed E-state index contributed by atoms with van der Waals surface area (Å²) >= 11 is 12.2. The summed E-state index contributed by atoms with van der Waals surface area (Å²) in [4.78, 5) is 12.4. The highest BCUT2D eigenvalue weighted by atomic mass is 35.5. The van der Waals surface area contributed by atoms with Gasteiger partial charge in [-0.05, 0) is 36.6 Å². The van der Waals surface area contributed by atoms with Crippen molar-refractivity contribution in [3.63, 3.8) is 0 Å². The molecule has 12 heteroatoms. The molecular formula is C18H19Cl2N3O5S2. The lowest BCUT2D eigenvalue weighted by molar-refractivity contribution is 0.0951. The van der Waals surface area contributed by atoms with Gasteiger partial charge in [0, 0.05) is 12.6 Å². The van der Waals surface area contributed by atoms with E-state index in [1.54, 1.807) is 24.3 Å². The van der Waals surface area contributed by atoms with Crippen LogP contribution < -0.4 is 14.8 Å². The molecule has 0 aromatic heterocycles. The monoisotopic (exact) mass is 491 g/mol. The number of carbonyl (C=O) groups is 1. The third-order valence-electron chi connectivity index (χ3n) is 4.21. The van der Waals surface area contributed by atoms with E-state index in [4.69, 9.17) is 23.2 Å². The highest BCUT2D eigenvalue weighted by Gasteiger charge is 2.30. The van der Waals surface area contributed by atoms with Gasteiger partial charge in [-0.25, -0.2) is 21.6 Å². The van der Waals surface area contributed by atoms with Crippen molar-refractivity contribution in [1.29, 1.82) is 0 Å². The molecule has 0 heterocycles. The largest absolute Gasteiger partial charge is 0.348 e. The fourth-order valence-electron chi connectivity index (χ4n) is 2.64. The van der Waals surface area contributed by atoms with Crippen LogP contribution in [-0.4, -0.2) is 35.0 Å². The maximum Gasteiger partial charge on any atom is 0.253 e. The second kappa shape index (κ2) is 8.72. The van der Waals surface area contributed by atoms with E-state index in [2.05, 4.69) is 14.8 Å². The van der Waals surface area contributed by atoms with Crippen molar-refractivity contribution in [1.82, 2.24) is 10.0 Å². The highest BCUT2D eigenvalue weighted by Crippen LogP contribution is 2.30. The molecule has 2 aromatic rings. The van der Waals surface area contributed by atoms with Crippen LogP contribution in [0.2, 0.25) is 10.0 Å². The zero-order chi connectivity index (χ0) is 22.1. The van der Waals surface area contributed by atoms with E-state index in [9.17, 15) is 21.6 Å². The number of hydrogen-bond donors (Lipinski definition) is 3. The molecule has 162 valence electrons. The van der Waals surface area contributed by atoms with Crippen LogP contribution in [0.1, 0.15) is 28.8 Å². The second-order valence-corrected chi connectivity index (χ2v) is 11.1. The smallest absolute Gasteiger partial charge is 0.253 e. The third-order valence-corrected chi connectivity index (χ3v) is 7.10. The van der Waals surface area contributed by atoms with Gasteiger partial charge in [-0.3, -0.25) is 9.52 Å². The van der Waals surface area contributed by atoms with E-state index in [0.717, 1.165) is 25.2 Å². The zero-order valence-electron chi connectivity index (χ0n) is 15.8. The number of benzene rings is 2. The molecule has 3 rings (SSSR count). The minimum absolute atomic E-state index is 0.00887. The maximum atomic E-state index is 12.7. The molecule has 0 saturated heterocycles. The molecule has 0 spiro atoms. The molecule has 30 heavy (non-hydrogen) atoms. The van der Waals surface area contributed by atoms with Gasteiger partial charge in [-0.1, -0.05) is 41.4 Å². The lowest BCUT2D eigenvalue weighted by Gasteiger charge is -2.13. The number of anilines is 1. The van der Waals surface area contributed by atoms with Crippen LogP contribution in [0.15, 0.2) is 41.3 Å². The minimum Gasteiger partial charge on any atom is -0.348 e. The van der Waals surface area contributed by atoms with Crippen molar-refractivity contribution in [3.8, 4) is 0 Å².